The minimum absolute atomic E-state index is 0.810. The Hall–Kier alpha value is -0.0800. The smallest absolute Gasteiger partial charge is 0.0224 e. The Bertz CT molecular complexity index is 201. The molecule has 1 saturated carbocycles. The molecule has 2 nitrogen and oxygen atoms in total. The van der Waals surface area contributed by atoms with Gasteiger partial charge in [-0.3, -0.25) is 4.90 Å². The molecule has 0 spiro atoms. The van der Waals surface area contributed by atoms with Crippen molar-refractivity contribution in [2.24, 2.45) is 5.92 Å². The Morgan fingerprint density at radius 2 is 2.00 bits per heavy atom. The van der Waals surface area contributed by atoms with Crippen molar-refractivity contribution in [3.63, 3.8) is 0 Å². The highest BCUT2D eigenvalue weighted by atomic mass is 15.2. The Labute approximate surface area is 101 Å². The van der Waals surface area contributed by atoms with Crippen molar-refractivity contribution < 1.29 is 0 Å². The van der Waals surface area contributed by atoms with Crippen LogP contribution < -0.4 is 5.32 Å². The van der Waals surface area contributed by atoms with Crippen molar-refractivity contribution in [3.05, 3.63) is 0 Å². The lowest BCUT2D eigenvalue weighted by Crippen LogP contribution is -2.57. The van der Waals surface area contributed by atoms with Crippen molar-refractivity contribution in [3.8, 4) is 0 Å². The zero-order chi connectivity index (χ0) is 11.4. The maximum Gasteiger partial charge on any atom is 0.0224 e. The number of rotatable bonds is 6. The molecule has 0 radical (unpaired) electrons. The number of hydrogen-bond acceptors (Lipinski definition) is 2. The predicted molar refractivity (Wildman–Crippen MR) is 69.7 cm³/mol. The Morgan fingerprint density at radius 3 is 2.62 bits per heavy atom. The highest BCUT2D eigenvalue weighted by Gasteiger charge is 2.36. The summed E-state index contributed by atoms with van der Waals surface area (Å²) in [6, 6.07) is 1.62. The number of unbranched alkanes of at least 4 members (excludes halogenated alkanes) is 1. The molecule has 1 N–H and O–H groups in total. The Morgan fingerprint density at radius 1 is 1.19 bits per heavy atom. The number of hydrogen-bond donors (Lipinski definition) is 1. The molecule has 0 aromatic rings. The van der Waals surface area contributed by atoms with E-state index in [0.717, 1.165) is 18.0 Å². The van der Waals surface area contributed by atoms with Crippen LogP contribution in [0, 0.1) is 5.92 Å². The first-order valence-electron chi connectivity index (χ1n) is 7.32. The van der Waals surface area contributed by atoms with E-state index in [-0.39, 0.29) is 0 Å². The van der Waals surface area contributed by atoms with E-state index in [4.69, 9.17) is 0 Å². The molecule has 1 aliphatic carbocycles. The fourth-order valence-electron chi connectivity index (χ4n) is 2.95. The fourth-order valence-corrected chi connectivity index (χ4v) is 2.95. The minimum Gasteiger partial charge on any atom is -0.311 e. The first kappa shape index (κ1) is 12.4. The second-order valence-electron chi connectivity index (χ2n) is 5.64. The monoisotopic (exact) mass is 224 g/mol. The van der Waals surface area contributed by atoms with Crippen molar-refractivity contribution in [2.45, 2.75) is 64.5 Å². The van der Waals surface area contributed by atoms with E-state index in [2.05, 4.69) is 24.1 Å². The third-order valence-corrected chi connectivity index (χ3v) is 4.18. The quantitative estimate of drug-likeness (QED) is 0.746. The molecular formula is C14H28N2. The second kappa shape index (κ2) is 6.02. The van der Waals surface area contributed by atoms with Gasteiger partial charge in [0.15, 0.2) is 0 Å². The van der Waals surface area contributed by atoms with Gasteiger partial charge in [-0.15, -0.1) is 0 Å². The van der Waals surface area contributed by atoms with Crippen molar-refractivity contribution in [2.75, 3.05) is 19.6 Å². The molecule has 0 aromatic carbocycles. The highest BCUT2D eigenvalue weighted by Crippen LogP contribution is 2.34. The molecule has 2 fully saturated rings. The average molecular weight is 224 g/mol. The van der Waals surface area contributed by atoms with Crippen LogP contribution in [-0.2, 0) is 0 Å². The van der Waals surface area contributed by atoms with Crippen LogP contribution in [0.3, 0.4) is 0 Å². The molecule has 0 aromatic heterocycles. The van der Waals surface area contributed by atoms with Crippen LogP contribution in [0.4, 0.5) is 0 Å². The molecule has 0 amide bonds. The molecule has 1 heterocycles. The zero-order valence-electron chi connectivity index (χ0n) is 11.0. The van der Waals surface area contributed by atoms with Gasteiger partial charge in [0, 0.05) is 25.2 Å². The summed E-state index contributed by atoms with van der Waals surface area (Å²) in [5, 5.41) is 3.78. The van der Waals surface area contributed by atoms with Gasteiger partial charge in [-0.25, -0.2) is 0 Å². The van der Waals surface area contributed by atoms with Crippen LogP contribution >= 0.6 is 0 Å². The third-order valence-electron chi connectivity index (χ3n) is 4.18. The summed E-state index contributed by atoms with van der Waals surface area (Å²) < 4.78 is 0. The second-order valence-corrected chi connectivity index (χ2v) is 5.64. The van der Waals surface area contributed by atoms with Gasteiger partial charge >= 0.3 is 0 Å². The van der Waals surface area contributed by atoms with E-state index in [9.17, 15) is 0 Å². The first-order valence-corrected chi connectivity index (χ1v) is 7.32. The van der Waals surface area contributed by atoms with Crippen LogP contribution in [0.5, 0.6) is 0 Å². The van der Waals surface area contributed by atoms with E-state index >= 15 is 0 Å². The molecule has 2 unspecified atom stereocenters. The number of nitrogens with one attached hydrogen (secondary N) is 1. The van der Waals surface area contributed by atoms with E-state index < -0.39 is 0 Å². The summed E-state index contributed by atoms with van der Waals surface area (Å²) in [5.74, 6) is 1.01. The number of piperazine rings is 1. The van der Waals surface area contributed by atoms with Crippen molar-refractivity contribution >= 4 is 0 Å². The summed E-state index contributed by atoms with van der Waals surface area (Å²) in [7, 11) is 0. The van der Waals surface area contributed by atoms with Gasteiger partial charge in [0.05, 0.1) is 0 Å². The molecule has 1 saturated heterocycles. The topological polar surface area (TPSA) is 15.3 Å². The molecule has 1 aliphatic heterocycles. The summed E-state index contributed by atoms with van der Waals surface area (Å²) in [6.45, 7) is 8.49. The molecule has 94 valence electrons. The standard InChI is InChI=1S/C14H28N2/c1-3-5-9-16-11-14(12-7-8-12)15-10-13(16)6-4-2/h12-15H,3-11H2,1-2H3. The zero-order valence-corrected chi connectivity index (χ0v) is 11.0. The largest absolute Gasteiger partial charge is 0.311 e. The van der Waals surface area contributed by atoms with Crippen LogP contribution in [0.1, 0.15) is 52.4 Å². The molecule has 0 bridgehead atoms. The molecule has 2 heteroatoms. The summed E-state index contributed by atoms with van der Waals surface area (Å²) in [6.07, 6.45) is 8.33. The van der Waals surface area contributed by atoms with E-state index in [0.29, 0.717) is 0 Å². The van der Waals surface area contributed by atoms with Gasteiger partial charge in [-0.2, -0.15) is 0 Å². The van der Waals surface area contributed by atoms with Crippen molar-refractivity contribution in [1.82, 2.24) is 10.2 Å². The summed E-state index contributed by atoms with van der Waals surface area (Å²) >= 11 is 0. The fraction of sp³-hybridized carbons (Fsp3) is 1.00. The maximum atomic E-state index is 3.78. The van der Waals surface area contributed by atoms with Gasteiger partial charge in [-0.1, -0.05) is 26.7 Å². The van der Waals surface area contributed by atoms with Gasteiger partial charge in [-0.05, 0) is 38.1 Å². The van der Waals surface area contributed by atoms with Crippen LogP contribution in [0.25, 0.3) is 0 Å². The summed E-state index contributed by atoms with van der Waals surface area (Å²) in [4.78, 5) is 2.77. The lowest BCUT2D eigenvalue weighted by molar-refractivity contribution is 0.114. The molecule has 2 rings (SSSR count). The minimum atomic E-state index is 0.810. The Kier molecular flexibility index (Phi) is 4.66. The van der Waals surface area contributed by atoms with E-state index in [1.807, 2.05) is 0 Å². The van der Waals surface area contributed by atoms with Gasteiger partial charge in [0.25, 0.3) is 0 Å². The van der Waals surface area contributed by atoms with Gasteiger partial charge in [0.2, 0.25) is 0 Å². The first-order chi connectivity index (χ1) is 7.85. The molecule has 16 heavy (non-hydrogen) atoms. The summed E-state index contributed by atoms with van der Waals surface area (Å²) in [5.41, 5.74) is 0. The number of nitrogens with zero attached hydrogens (tertiary/aromatic N) is 1. The lowest BCUT2D eigenvalue weighted by Gasteiger charge is -2.40. The normalized spacial score (nSPS) is 31.9. The highest BCUT2D eigenvalue weighted by molar-refractivity contribution is 4.94. The van der Waals surface area contributed by atoms with E-state index in [1.54, 1.807) is 0 Å². The third kappa shape index (κ3) is 3.21. The predicted octanol–water partition coefficient (Wildman–Crippen LogP) is 2.64. The SMILES string of the molecule is CCCCN1CC(C2CC2)NCC1CCC. The maximum absolute atomic E-state index is 3.78. The van der Waals surface area contributed by atoms with Crippen LogP contribution in [-0.4, -0.2) is 36.6 Å². The van der Waals surface area contributed by atoms with E-state index in [1.165, 1.54) is 58.2 Å². The van der Waals surface area contributed by atoms with Gasteiger partial charge < -0.3 is 5.32 Å². The van der Waals surface area contributed by atoms with Crippen molar-refractivity contribution in [1.29, 1.82) is 0 Å². The average Bonchev–Trinajstić information content (AvgIpc) is 3.12. The van der Waals surface area contributed by atoms with Crippen LogP contribution in [0.15, 0.2) is 0 Å². The molecule has 2 atom stereocenters. The Balaban J connectivity index is 1.83. The molecule has 2 aliphatic rings. The molecular weight excluding hydrogens is 196 g/mol. The van der Waals surface area contributed by atoms with Gasteiger partial charge in [0.1, 0.15) is 0 Å². The lowest BCUT2D eigenvalue weighted by atomic mass is 10.0. The van der Waals surface area contributed by atoms with Crippen LogP contribution in [0.2, 0.25) is 0 Å².